The number of hydrogen-bond acceptors (Lipinski definition) is 19. The topological polar surface area (TPSA) is 223 Å². The van der Waals surface area contributed by atoms with Crippen LogP contribution in [0.3, 0.4) is 0 Å². The van der Waals surface area contributed by atoms with Crippen molar-refractivity contribution < 1.29 is 82.9 Å². The number of unbranched alkanes of at least 4 members (excludes halogenated alkanes) is 2. The molecule has 1 unspecified atom stereocenters. The van der Waals surface area contributed by atoms with Gasteiger partial charge in [0.15, 0.2) is 6.29 Å². The number of fused-ring (bicyclic) bond motifs is 1. The van der Waals surface area contributed by atoms with Gasteiger partial charge in [-0.3, -0.25) is 9.59 Å². The zero-order valence-electron chi connectivity index (χ0n) is 48.7. The standard InChI is InChI=1S/C48H81NO18.2C4H9.Sn/c1-14-35-32(23-60-46-44(59-13)43(58-12)39(55)27(5)62-46)19-24(2)15-16-33(52)25(3)20-31(17-18-50)40(26(4)34(53)21-36(54)65-35)67-47-42(64-30(8)51)38(49(10)11)41(28(6)63-47)66-37-22-48(9,57)45(56)29(7)61-37;2*1-3-4-2;/h18,24-29,31-32,34-35,37-47,53,55H,14-17,19-23H2,1-13H3;2*1,3-4H2,2H3;/q-2;;;+2/t24?,25-,26+,27-,28-,29+,31+,32-,34-,35-,37+,38+,39-,40-,41-,42-,43-,44-,45+,46-,47+,48-;;;/m1.../s1. The first kappa shape index (κ1) is 65.4. The fraction of sp³-hybridized carbons (Fsp3) is 0.929. The molecule has 5 aliphatic rings. The number of aliphatic hydroxyl groups excluding tert-OH is 2. The Hall–Kier alpha value is -1.44. The van der Waals surface area contributed by atoms with E-state index in [1.54, 1.807) is 13.8 Å². The molecule has 0 spiro atoms. The van der Waals surface area contributed by atoms with Gasteiger partial charge in [0, 0.05) is 38.9 Å². The molecule has 5 saturated heterocycles. The quantitative estimate of drug-likeness (QED) is 0.0726. The molecular weight excluding hydrogens is 1090 g/mol. The Morgan fingerprint density at radius 2 is 1.49 bits per heavy atom. The average molecular weight is 1190 g/mol. The van der Waals surface area contributed by atoms with Gasteiger partial charge in [-0.2, -0.15) is 0 Å². The second kappa shape index (κ2) is 30.0. The van der Waals surface area contributed by atoms with Crippen molar-refractivity contribution in [2.75, 3.05) is 34.9 Å². The van der Waals surface area contributed by atoms with Crippen LogP contribution in [0.15, 0.2) is 0 Å². The van der Waals surface area contributed by atoms with Crippen molar-refractivity contribution in [3.63, 3.8) is 0 Å². The van der Waals surface area contributed by atoms with E-state index in [0.717, 1.165) is 40.8 Å². The Morgan fingerprint density at radius 1 is 0.829 bits per heavy atom. The molecule has 5 fully saturated rings. The molecule has 2 N–H and O–H groups in total. The maximum absolute atomic E-state index is 14.1. The zero-order chi connectivity index (χ0) is 56.2. The third kappa shape index (κ3) is 16.6. The van der Waals surface area contributed by atoms with Gasteiger partial charge in [-0.25, -0.2) is 0 Å². The molecule has 0 amide bonds. The van der Waals surface area contributed by atoms with E-state index >= 15 is 0 Å². The first-order valence-electron chi connectivity index (χ1n) is 28.7. The number of carbonyl (C=O) groups is 4. The first-order valence-corrected chi connectivity index (χ1v) is 35.0. The molecule has 5 rings (SSSR count). The van der Waals surface area contributed by atoms with Crippen molar-refractivity contribution in [1.82, 2.24) is 4.90 Å². The number of aldehydes is 1. The van der Waals surface area contributed by atoms with E-state index in [1.807, 2.05) is 46.7 Å². The Bertz CT molecular complexity index is 1810. The molecular formula is C56H99NO18Sn. The van der Waals surface area contributed by atoms with E-state index < -0.39 is 147 Å². The monoisotopic (exact) mass is 1190 g/mol. The van der Waals surface area contributed by atoms with Crippen molar-refractivity contribution >= 4 is 43.2 Å². The molecule has 0 saturated carbocycles. The van der Waals surface area contributed by atoms with Gasteiger partial charge in [0.1, 0.15) is 36.5 Å². The van der Waals surface area contributed by atoms with Gasteiger partial charge in [0.05, 0.1) is 25.2 Å². The second-order valence-electron chi connectivity index (χ2n) is 23.4. The third-order valence-electron chi connectivity index (χ3n) is 16.9. The van der Waals surface area contributed by atoms with Crippen molar-refractivity contribution in [2.45, 2.75) is 266 Å². The van der Waals surface area contributed by atoms with E-state index in [0.29, 0.717) is 25.7 Å². The summed E-state index contributed by atoms with van der Waals surface area (Å²) in [5.41, 5.74) is -0.614. The Morgan fingerprint density at radius 3 is 2.08 bits per heavy atom. The summed E-state index contributed by atoms with van der Waals surface area (Å²) in [5.74, 6) is -3.50. The number of ether oxygens (including phenoxy) is 10. The molecule has 19 nitrogen and oxygen atoms in total. The van der Waals surface area contributed by atoms with Gasteiger partial charge < -0.3 is 38.7 Å². The summed E-state index contributed by atoms with van der Waals surface area (Å²) in [4.78, 5) is 55.8. The Balaban J connectivity index is 1.41. The number of esters is 2. The number of nitrogens with zero attached hydrogens (tertiary/aromatic N) is 1. The zero-order valence-corrected chi connectivity index (χ0v) is 51.5. The second-order valence-corrected chi connectivity index (χ2v) is 32.7. The van der Waals surface area contributed by atoms with Crippen LogP contribution in [0.5, 0.6) is 0 Å². The Kier molecular flexibility index (Phi) is 25.8. The van der Waals surface area contributed by atoms with Crippen LogP contribution < -0.4 is 0 Å². The predicted octanol–water partition coefficient (Wildman–Crippen LogP) is 6.81. The minimum absolute atomic E-state index is 0.00292. The van der Waals surface area contributed by atoms with Crippen LogP contribution in [-0.2, 0) is 72.7 Å². The number of Topliss-reactive ketones (excluding diaryl/α,β-unsaturated/α-hetero) is 1. The van der Waals surface area contributed by atoms with Crippen LogP contribution in [-0.4, -0.2) is 197 Å². The van der Waals surface area contributed by atoms with Crippen LogP contribution >= 0.6 is 0 Å². The number of cyclic esters (lactones) is 1. The molecule has 440 valence electrons. The number of hydrogen-bond donors (Lipinski definition) is 2. The number of ketones is 1. The van der Waals surface area contributed by atoms with Crippen LogP contribution in [0.25, 0.3) is 0 Å². The molecule has 0 aromatic carbocycles. The molecule has 0 aliphatic carbocycles. The van der Waals surface area contributed by atoms with Crippen molar-refractivity contribution in [3.05, 3.63) is 0 Å². The van der Waals surface area contributed by atoms with Crippen molar-refractivity contribution in [3.8, 4) is 0 Å². The number of aliphatic hydroxyl groups is 2. The van der Waals surface area contributed by atoms with Gasteiger partial charge in [0.25, 0.3) is 0 Å². The molecule has 5 aliphatic heterocycles. The normalized spacial score (nSPS) is 42.1. The summed E-state index contributed by atoms with van der Waals surface area (Å²) >= 11 is -3.48. The van der Waals surface area contributed by atoms with Gasteiger partial charge in [-0.15, -0.1) is 0 Å². The summed E-state index contributed by atoms with van der Waals surface area (Å²) in [5, 5.41) is 22.9. The molecule has 0 radical (unpaired) electrons. The van der Waals surface area contributed by atoms with Crippen molar-refractivity contribution in [2.24, 2.45) is 29.6 Å². The van der Waals surface area contributed by atoms with Crippen LogP contribution in [0.1, 0.15) is 153 Å². The maximum atomic E-state index is 14.1. The summed E-state index contributed by atoms with van der Waals surface area (Å²) in [6, 6.07) is -0.645. The third-order valence-corrected chi connectivity index (χ3v) is 27.7. The molecule has 22 atom stereocenters. The number of methoxy groups -OCH3 is 2. The molecule has 0 aromatic heterocycles. The summed E-state index contributed by atoms with van der Waals surface area (Å²) in [6.45, 7) is 21.1. The van der Waals surface area contributed by atoms with Crippen LogP contribution in [0.4, 0.5) is 0 Å². The van der Waals surface area contributed by atoms with E-state index in [4.69, 9.17) is 53.5 Å². The molecule has 20 heteroatoms. The number of rotatable bonds is 20. The van der Waals surface area contributed by atoms with Crippen molar-refractivity contribution in [1.29, 1.82) is 0 Å². The molecule has 0 aromatic rings. The average Bonchev–Trinajstić information content (AvgIpc) is 3.67. The van der Waals surface area contributed by atoms with E-state index in [1.165, 1.54) is 21.1 Å². The van der Waals surface area contributed by atoms with Gasteiger partial charge in [-0.05, 0) is 38.5 Å². The molecule has 0 bridgehead atoms. The van der Waals surface area contributed by atoms with E-state index in [2.05, 4.69) is 27.7 Å². The molecule has 76 heavy (non-hydrogen) atoms. The summed E-state index contributed by atoms with van der Waals surface area (Å²) in [6.07, 6.45) is -4.73. The van der Waals surface area contributed by atoms with E-state index in [-0.39, 0.29) is 55.7 Å². The number of carbonyl (C=O) groups excluding carboxylic acids is 4. The SMILES string of the molecule is CCC[CH2][Sn]1([CH2]CCC)[O][C@H]2[C@H](C)O[C@@H](O[C@H]3[C@H](N(C)C)[C@@H](OC(C)=O)[C@H](O[C@H]4[C@@H](CC=O)C[C@@H](C)C(=O)CCC(C)C[C@H](CO[C@@H]5O[C@H](C)[C@@H](O)[C@@H](OC)[C@H]5OC)[C@@H](CC)OC(=O)C[C@@H](O)[C@@H]4C)O[C@@H]3C)C[C@@]2(C)[O]1. The van der Waals surface area contributed by atoms with Gasteiger partial charge in [0.2, 0.25) is 0 Å². The van der Waals surface area contributed by atoms with Gasteiger partial charge in [-0.1, -0.05) is 27.7 Å². The number of likely N-dealkylation sites (N-methyl/N-ethyl adjacent to an activating group) is 1. The van der Waals surface area contributed by atoms with E-state index in [9.17, 15) is 29.4 Å². The predicted molar refractivity (Wildman–Crippen MR) is 283 cm³/mol. The first-order chi connectivity index (χ1) is 36.0. The molecule has 5 heterocycles. The van der Waals surface area contributed by atoms with Crippen LogP contribution in [0.2, 0.25) is 8.87 Å². The summed E-state index contributed by atoms with van der Waals surface area (Å²) in [7, 11) is 6.71. The fourth-order valence-corrected chi connectivity index (χ4v) is 25.4. The Labute approximate surface area is 459 Å². The fourth-order valence-electron chi connectivity index (χ4n) is 12.6. The van der Waals surface area contributed by atoms with Crippen LogP contribution in [0, 0.1) is 29.6 Å². The van der Waals surface area contributed by atoms with Gasteiger partial charge >= 0.3 is 240 Å². The summed E-state index contributed by atoms with van der Waals surface area (Å²) < 4.78 is 79.7. The minimum atomic E-state index is -3.48.